The summed E-state index contributed by atoms with van der Waals surface area (Å²) in [5, 5.41) is 2.05. The Kier molecular flexibility index (Phi) is 6.40. The van der Waals surface area contributed by atoms with E-state index < -0.39 is 23.6 Å². The number of hydrogen-bond donors (Lipinski definition) is 3. The maximum atomic E-state index is 13.2. The number of thiocarbonyl (C=S) groups is 1. The molecule has 0 aliphatic heterocycles. The van der Waals surface area contributed by atoms with Gasteiger partial charge in [-0.3, -0.25) is 25.8 Å². The second-order valence-electron chi connectivity index (χ2n) is 6.44. The number of aryl methyl sites for hydroxylation is 1. The number of carbonyl (C=O) groups excluding carboxylic acids is 2. The molecule has 3 aromatic rings. The molecule has 3 N–H and O–H groups in total. The second kappa shape index (κ2) is 9.00. The van der Waals surface area contributed by atoms with Crippen molar-refractivity contribution in [3.8, 4) is 11.3 Å². The van der Waals surface area contributed by atoms with Crippen molar-refractivity contribution in [3.05, 3.63) is 83.1 Å². The number of amides is 2. The Labute approximate surface area is 180 Å². The highest BCUT2D eigenvalue weighted by molar-refractivity contribution is 7.80. The highest BCUT2D eigenvalue weighted by atomic mass is 32.1. The van der Waals surface area contributed by atoms with E-state index in [4.69, 9.17) is 16.6 Å². The number of nitrogens with one attached hydrogen (secondary N) is 3. The van der Waals surface area contributed by atoms with Crippen LogP contribution in [-0.4, -0.2) is 16.9 Å². The number of alkyl halides is 3. The zero-order valence-corrected chi connectivity index (χ0v) is 16.9. The fourth-order valence-electron chi connectivity index (χ4n) is 2.64. The zero-order chi connectivity index (χ0) is 22.6. The summed E-state index contributed by atoms with van der Waals surface area (Å²) in [5.41, 5.74) is 5.00. The predicted octanol–water partition coefficient (Wildman–Crippen LogP) is 4.22. The number of halogens is 3. The smallest absolute Gasteiger partial charge is 0.417 e. The maximum Gasteiger partial charge on any atom is 0.417 e. The molecule has 0 fully saturated rings. The molecule has 0 saturated carbocycles. The van der Waals surface area contributed by atoms with Crippen LogP contribution in [0.25, 0.3) is 11.3 Å². The van der Waals surface area contributed by atoms with Gasteiger partial charge < -0.3 is 4.42 Å². The summed E-state index contributed by atoms with van der Waals surface area (Å²) in [5.74, 6) is -1.64. The van der Waals surface area contributed by atoms with E-state index in [1.54, 1.807) is 24.3 Å². The lowest BCUT2D eigenvalue weighted by atomic mass is 10.1. The summed E-state index contributed by atoms with van der Waals surface area (Å²) in [6.07, 6.45) is -4.58. The third-order valence-corrected chi connectivity index (χ3v) is 4.36. The van der Waals surface area contributed by atoms with Crippen molar-refractivity contribution in [2.45, 2.75) is 13.1 Å². The van der Waals surface area contributed by atoms with Crippen LogP contribution in [0.3, 0.4) is 0 Å². The van der Waals surface area contributed by atoms with Crippen molar-refractivity contribution >= 4 is 29.1 Å². The average Bonchev–Trinajstić information content (AvgIpc) is 3.22. The summed E-state index contributed by atoms with van der Waals surface area (Å²) in [7, 11) is 0. The van der Waals surface area contributed by atoms with Gasteiger partial charge in [-0.25, -0.2) is 0 Å². The van der Waals surface area contributed by atoms with Gasteiger partial charge in [0.15, 0.2) is 10.9 Å². The molecule has 0 radical (unpaired) electrons. The molecule has 0 spiro atoms. The van der Waals surface area contributed by atoms with E-state index in [1.165, 1.54) is 30.3 Å². The molecule has 2 aromatic carbocycles. The molecule has 0 aliphatic rings. The van der Waals surface area contributed by atoms with Gasteiger partial charge in [0.1, 0.15) is 5.76 Å². The molecule has 0 atom stereocenters. The van der Waals surface area contributed by atoms with Crippen LogP contribution in [0.2, 0.25) is 0 Å². The number of rotatable bonds is 3. The van der Waals surface area contributed by atoms with Crippen LogP contribution in [-0.2, 0) is 6.18 Å². The fourth-order valence-corrected chi connectivity index (χ4v) is 2.78. The molecule has 0 aliphatic carbocycles. The number of benzene rings is 2. The van der Waals surface area contributed by atoms with E-state index in [2.05, 4.69) is 16.2 Å². The van der Waals surface area contributed by atoms with E-state index in [-0.39, 0.29) is 22.2 Å². The molecule has 160 valence electrons. The third-order valence-electron chi connectivity index (χ3n) is 4.16. The Hall–Kier alpha value is -3.66. The Balaban J connectivity index is 1.62. The molecule has 1 heterocycles. The lowest BCUT2D eigenvalue weighted by molar-refractivity contribution is -0.137. The lowest BCUT2D eigenvalue weighted by Crippen LogP contribution is -2.48. The minimum Gasteiger partial charge on any atom is -0.451 e. The van der Waals surface area contributed by atoms with Gasteiger partial charge in [-0.05, 0) is 49.5 Å². The average molecular weight is 447 g/mol. The van der Waals surface area contributed by atoms with Crippen LogP contribution in [0.1, 0.15) is 32.0 Å². The van der Waals surface area contributed by atoms with Crippen LogP contribution in [0.5, 0.6) is 0 Å². The number of hydrogen-bond acceptors (Lipinski definition) is 4. The highest BCUT2D eigenvalue weighted by Gasteiger charge is 2.34. The minimum atomic E-state index is -4.58. The minimum absolute atomic E-state index is 0.121. The summed E-state index contributed by atoms with van der Waals surface area (Å²) in [6.45, 7) is 1.88. The fraction of sp³-hybridized carbons (Fsp3) is 0.0952. The second-order valence-corrected chi connectivity index (χ2v) is 6.84. The van der Waals surface area contributed by atoms with Gasteiger partial charge in [0.25, 0.3) is 11.8 Å². The molecule has 3 rings (SSSR count). The largest absolute Gasteiger partial charge is 0.451 e. The van der Waals surface area contributed by atoms with E-state index in [9.17, 15) is 22.8 Å². The Morgan fingerprint density at radius 1 is 0.903 bits per heavy atom. The quantitative estimate of drug-likeness (QED) is 0.414. The van der Waals surface area contributed by atoms with E-state index in [1.807, 2.05) is 6.92 Å². The van der Waals surface area contributed by atoms with Crippen molar-refractivity contribution in [1.82, 2.24) is 16.2 Å². The normalized spacial score (nSPS) is 11.0. The number of carbonyl (C=O) groups is 2. The monoisotopic (exact) mass is 447 g/mol. The molecule has 1 aromatic heterocycles. The third kappa shape index (κ3) is 5.48. The lowest BCUT2D eigenvalue weighted by Gasteiger charge is -2.11. The summed E-state index contributed by atoms with van der Waals surface area (Å²) in [4.78, 5) is 24.3. The summed E-state index contributed by atoms with van der Waals surface area (Å²) in [6, 6.07) is 14.1. The van der Waals surface area contributed by atoms with Crippen LogP contribution in [0.15, 0.2) is 65.1 Å². The maximum absolute atomic E-state index is 13.2. The van der Waals surface area contributed by atoms with Gasteiger partial charge in [-0.2, -0.15) is 13.2 Å². The summed E-state index contributed by atoms with van der Waals surface area (Å²) < 4.78 is 44.8. The molecular weight excluding hydrogens is 431 g/mol. The van der Waals surface area contributed by atoms with E-state index >= 15 is 0 Å². The molecule has 2 amide bonds. The molecule has 31 heavy (non-hydrogen) atoms. The molecule has 6 nitrogen and oxygen atoms in total. The standard InChI is InChI=1S/C21H16F3N3O3S/c1-12-6-8-13(9-7-12)18(28)26-27-20(31)25-19(29)17-11-10-16(30-17)14-4-2-3-5-15(14)21(22,23)24/h2-11H,1H3,(H,26,28)(H2,25,27,29,31). The highest BCUT2D eigenvalue weighted by Crippen LogP contribution is 2.37. The van der Waals surface area contributed by atoms with Crippen molar-refractivity contribution in [1.29, 1.82) is 0 Å². The first kappa shape index (κ1) is 22.0. The van der Waals surface area contributed by atoms with Crippen LogP contribution in [0, 0.1) is 6.92 Å². The first-order valence-electron chi connectivity index (χ1n) is 8.90. The Morgan fingerprint density at radius 2 is 1.58 bits per heavy atom. The van der Waals surface area contributed by atoms with Gasteiger partial charge in [0.05, 0.1) is 5.56 Å². The molecule has 0 bridgehead atoms. The summed E-state index contributed by atoms with van der Waals surface area (Å²) >= 11 is 4.94. The van der Waals surface area contributed by atoms with Gasteiger partial charge in [0, 0.05) is 11.1 Å². The van der Waals surface area contributed by atoms with Crippen molar-refractivity contribution in [2.24, 2.45) is 0 Å². The SMILES string of the molecule is Cc1ccc(C(=O)NNC(=S)NC(=O)c2ccc(-c3ccccc3C(F)(F)F)o2)cc1. The molecule has 0 unspecified atom stereocenters. The number of furan rings is 1. The van der Waals surface area contributed by atoms with E-state index in [0.717, 1.165) is 11.6 Å². The van der Waals surface area contributed by atoms with Crippen LogP contribution >= 0.6 is 12.2 Å². The van der Waals surface area contributed by atoms with Gasteiger partial charge >= 0.3 is 6.18 Å². The van der Waals surface area contributed by atoms with Gasteiger partial charge in [0.2, 0.25) is 0 Å². The van der Waals surface area contributed by atoms with Gasteiger partial charge in [-0.1, -0.05) is 35.9 Å². The number of hydrazine groups is 1. The first-order chi connectivity index (χ1) is 14.6. The first-order valence-corrected chi connectivity index (χ1v) is 9.31. The van der Waals surface area contributed by atoms with Gasteiger partial charge in [-0.15, -0.1) is 0 Å². The van der Waals surface area contributed by atoms with Crippen molar-refractivity contribution in [3.63, 3.8) is 0 Å². The topological polar surface area (TPSA) is 83.4 Å². The van der Waals surface area contributed by atoms with Crippen LogP contribution in [0.4, 0.5) is 13.2 Å². The molecule has 0 saturated heterocycles. The molecule has 10 heteroatoms. The Bertz CT molecular complexity index is 1120. The predicted molar refractivity (Wildman–Crippen MR) is 111 cm³/mol. The van der Waals surface area contributed by atoms with Crippen molar-refractivity contribution < 1.29 is 27.2 Å². The zero-order valence-electron chi connectivity index (χ0n) is 16.0. The Morgan fingerprint density at radius 3 is 2.26 bits per heavy atom. The van der Waals surface area contributed by atoms with Crippen LogP contribution < -0.4 is 16.2 Å². The van der Waals surface area contributed by atoms with Crippen molar-refractivity contribution in [2.75, 3.05) is 0 Å². The molecular formula is C21H16F3N3O3S. The van der Waals surface area contributed by atoms with E-state index in [0.29, 0.717) is 5.56 Å².